The van der Waals surface area contributed by atoms with Crippen LogP contribution >= 0.6 is 11.8 Å². The Hall–Kier alpha value is -4.21. The Bertz CT molecular complexity index is 1390. The molecule has 0 aromatic heterocycles. The predicted molar refractivity (Wildman–Crippen MR) is 167 cm³/mol. The monoisotopic (exact) mass is 692 g/mol. The van der Waals surface area contributed by atoms with Crippen LogP contribution in [-0.2, 0) is 73.1 Å². The number of allylic oxidation sites excluding steroid dienone is 1. The van der Waals surface area contributed by atoms with Crippen molar-refractivity contribution in [3.8, 4) is 0 Å². The molecule has 0 bridgehead atoms. The second-order valence-corrected chi connectivity index (χ2v) is 11.9. The molecule has 3 rings (SSSR count). The molecule has 15 heteroatoms. The second-order valence-electron chi connectivity index (χ2n) is 10.7. The number of ether oxygens (including phenoxy) is 8. The van der Waals surface area contributed by atoms with Gasteiger partial charge in [0.15, 0.2) is 23.4 Å². The Morgan fingerprint density at radius 2 is 1.48 bits per heavy atom. The molecule has 0 radical (unpaired) electrons. The zero-order chi connectivity index (χ0) is 35.4. The molecule has 0 saturated carbocycles. The van der Waals surface area contributed by atoms with Crippen molar-refractivity contribution in [2.24, 2.45) is 5.92 Å². The molecule has 1 aromatic carbocycles. The van der Waals surface area contributed by atoms with E-state index in [0.29, 0.717) is 17.7 Å². The molecule has 0 aliphatic carbocycles. The minimum atomic E-state index is -1.56. The molecule has 2 aliphatic heterocycles. The second kappa shape index (κ2) is 18.4. The van der Waals surface area contributed by atoms with Crippen molar-refractivity contribution in [3.05, 3.63) is 59.4 Å². The molecule has 48 heavy (non-hydrogen) atoms. The Labute approximate surface area is 282 Å². The van der Waals surface area contributed by atoms with Crippen LogP contribution in [-0.4, -0.2) is 91.4 Å². The highest BCUT2D eigenvalue weighted by molar-refractivity contribution is 8.13. The SMILES string of the molecule is C/C=C1/[C@H](O[C@@H]2O[C@H](COC(C)=O)[C@@H](OC(C)=O)[C@H](OC(C)=O)[C@H]2OC(C)=O)OC=C(C(=O)OC)[C@H]1CC(=O)SCCc1ccccc1. The van der Waals surface area contributed by atoms with Gasteiger partial charge in [0.1, 0.15) is 12.7 Å². The van der Waals surface area contributed by atoms with Crippen molar-refractivity contribution in [1.82, 2.24) is 0 Å². The Balaban J connectivity index is 1.92. The van der Waals surface area contributed by atoms with Crippen LogP contribution in [0.5, 0.6) is 0 Å². The van der Waals surface area contributed by atoms with E-state index in [4.69, 9.17) is 37.9 Å². The minimum absolute atomic E-state index is 0.0732. The summed E-state index contributed by atoms with van der Waals surface area (Å²) in [5.74, 6) is -4.11. The Kier molecular flexibility index (Phi) is 14.6. The van der Waals surface area contributed by atoms with Crippen LogP contribution in [0.25, 0.3) is 0 Å². The minimum Gasteiger partial charge on any atom is -0.468 e. The van der Waals surface area contributed by atoms with Gasteiger partial charge in [-0.1, -0.05) is 48.2 Å². The van der Waals surface area contributed by atoms with Gasteiger partial charge in [0.2, 0.25) is 12.6 Å². The summed E-state index contributed by atoms with van der Waals surface area (Å²) in [5, 5.41) is -0.196. The largest absolute Gasteiger partial charge is 0.468 e. The van der Waals surface area contributed by atoms with Crippen molar-refractivity contribution in [2.75, 3.05) is 19.5 Å². The van der Waals surface area contributed by atoms with Crippen LogP contribution in [0.1, 0.15) is 46.6 Å². The van der Waals surface area contributed by atoms with Gasteiger partial charge in [0.25, 0.3) is 0 Å². The summed E-state index contributed by atoms with van der Waals surface area (Å²) in [6, 6.07) is 9.68. The first-order valence-corrected chi connectivity index (χ1v) is 16.1. The quantitative estimate of drug-likeness (QED) is 0.167. The van der Waals surface area contributed by atoms with Gasteiger partial charge in [-0.3, -0.25) is 24.0 Å². The van der Waals surface area contributed by atoms with Crippen molar-refractivity contribution in [2.45, 2.75) is 84.5 Å². The molecular weight excluding hydrogens is 652 g/mol. The first kappa shape index (κ1) is 38.2. The maximum absolute atomic E-state index is 13.2. The van der Waals surface area contributed by atoms with Crippen LogP contribution in [0.4, 0.5) is 0 Å². The van der Waals surface area contributed by atoms with E-state index in [1.54, 1.807) is 13.0 Å². The predicted octanol–water partition coefficient (Wildman–Crippen LogP) is 2.95. The third kappa shape index (κ3) is 10.9. The lowest BCUT2D eigenvalue weighted by atomic mass is 9.86. The van der Waals surface area contributed by atoms with E-state index in [2.05, 4.69) is 0 Å². The summed E-state index contributed by atoms with van der Waals surface area (Å²) in [5.41, 5.74) is 1.50. The van der Waals surface area contributed by atoms with Gasteiger partial charge in [0, 0.05) is 51.4 Å². The van der Waals surface area contributed by atoms with Crippen molar-refractivity contribution < 1.29 is 66.7 Å². The third-order valence-corrected chi connectivity index (χ3v) is 8.09. The van der Waals surface area contributed by atoms with Crippen molar-refractivity contribution in [3.63, 3.8) is 0 Å². The van der Waals surface area contributed by atoms with E-state index in [1.165, 1.54) is 7.11 Å². The van der Waals surface area contributed by atoms with E-state index in [-0.39, 0.29) is 17.1 Å². The van der Waals surface area contributed by atoms with E-state index in [9.17, 15) is 28.8 Å². The summed E-state index contributed by atoms with van der Waals surface area (Å²) in [7, 11) is 1.20. The normalized spacial score (nSPS) is 25.9. The maximum Gasteiger partial charge on any atom is 0.337 e. The maximum atomic E-state index is 13.2. The van der Waals surface area contributed by atoms with Gasteiger partial charge in [-0.2, -0.15) is 0 Å². The van der Waals surface area contributed by atoms with E-state index in [1.807, 2.05) is 30.3 Å². The number of hydrogen-bond acceptors (Lipinski definition) is 15. The number of carbonyl (C=O) groups excluding carboxylic acids is 6. The highest BCUT2D eigenvalue weighted by Gasteiger charge is 2.54. The summed E-state index contributed by atoms with van der Waals surface area (Å²) in [6.07, 6.45) is -5.19. The first-order valence-electron chi connectivity index (χ1n) is 15.1. The molecule has 1 aromatic rings. The van der Waals surface area contributed by atoms with E-state index in [0.717, 1.165) is 51.3 Å². The fourth-order valence-corrected chi connectivity index (χ4v) is 6.05. The Morgan fingerprint density at radius 1 is 0.854 bits per heavy atom. The summed E-state index contributed by atoms with van der Waals surface area (Å²) in [6.45, 7) is 5.67. The summed E-state index contributed by atoms with van der Waals surface area (Å²) < 4.78 is 44.4. The van der Waals surface area contributed by atoms with Crippen LogP contribution in [0.15, 0.2) is 53.8 Å². The van der Waals surface area contributed by atoms with Gasteiger partial charge in [-0.05, 0) is 18.9 Å². The number of rotatable bonds is 13. The lowest BCUT2D eigenvalue weighted by molar-refractivity contribution is -0.331. The highest BCUT2D eigenvalue weighted by atomic mass is 32.2. The topological polar surface area (TPSA) is 176 Å². The van der Waals surface area contributed by atoms with Gasteiger partial charge >= 0.3 is 29.8 Å². The Morgan fingerprint density at radius 3 is 2.06 bits per heavy atom. The number of thioether (sulfide) groups is 1. The molecule has 7 atom stereocenters. The van der Waals surface area contributed by atoms with Gasteiger partial charge < -0.3 is 37.9 Å². The van der Waals surface area contributed by atoms with Gasteiger partial charge in [-0.25, -0.2) is 4.79 Å². The zero-order valence-corrected chi connectivity index (χ0v) is 28.4. The number of esters is 5. The average molecular weight is 693 g/mol. The van der Waals surface area contributed by atoms with Gasteiger partial charge in [-0.15, -0.1) is 0 Å². The summed E-state index contributed by atoms with van der Waals surface area (Å²) >= 11 is 1.12. The standard InChI is InChI=1S/C33H40O14S/c1-7-23-24(15-27(38)48-14-13-22-11-9-8-10-12-22)25(31(39)40-6)16-42-32(23)47-33-30(45-21(5)37)29(44-20(4)36)28(43-19(3)35)26(46-33)17-41-18(2)34/h7-12,16,24,26,28-30,32-33H,13-15,17H2,1-6H3/b23-7+/t24-,26+,28+,29-,30+,32-,33-/m0/s1. The number of benzene rings is 1. The lowest BCUT2D eigenvalue weighted by Crippen LogP contribution is -2.63. The molecule has 2 aliphatic rings. The molecule has 14 nitrogen and oxygen atoms in total. The lowest BCUT2D eigenvalue weighted by Gasteiger charge is -2.45. The van der Waals surface area contributed by atoms with Crippen LogP contribution in [0, 0.1) is 5.92 Å². The number of aryl methyl sites for hydroxylation is 1. The number of hydrogen-bond donors (Lipinski definition) is 0. The number of methoxy groups -OCH3 is 1. The molecule has 0 unspecified atom stereocenters. The van der Waals surface area contributed by atoms with Crippen molar-refractivity contribution in [1.29, 1.82) is 0 Å². The van der Waals surface area contributed by atoms with Crippen LogP contribution in [0.3, 0.4) is 0 Å². The van der Waals surface area contributed by atoms with Crippen molar-refractivity contribution >= 4 is 46.7 Å². The number of carbonyl (C=O) groups is 6. The molecule has 1 fully saturated rings. The summed E-state index contributed by atoms with van der Waals surface area (Å²) in [4.78, 5) is 74.1. The van der Waals surface area contributed by atoms with Crippen LogP contribution < -0.4 is 0 Å². The molecule has 0 N–H and O–H groups in total. The zero-order valence-electron chi connectivity index (χ0n) is 27.5. The van der Waals surface area contributed by atoms with E-state index < -0.39 is 79.4 Å². The average Bonchev–Trinajstić information content (AvgIpc) is 3.02. The fourth-order valence-electron chi connectivity index (χ4n) is 5.20. The van der Waals surface area contributed by atoms with Crippen LogP contribution in [0.2, 0.25) is 0 Å². The molecule has 0 amide bonds. The highest BCUT2D eigenvalue weighted by Crippen LogP contribution is 2.38. The molecule has 0 spiro atoms. The van der Waals surface area contributed by atoms with E-state index >= 15 is 0 Å². The molecule has 262 valence electrons. The third-order valence-electron chi connectivity index (χ3n) is 7.20. The first-order chi connectivity index (χ1) is 22.8. The molecule has 2 heterocycles. The van der Waals surface area contributed by atoms with Gasteiger partial charge in [0.05, 0.1) is 18.9 Å². The fraction of sp³-hybridized carbons (Fsp3) is 0.515. The molecule has 1 saturated heterocycles. The smallest absolute Gasteiger partial charge is 0.337 e. The molecular formula is C33H40O14S.